The summed E-state index contributed by atoms with van der Waals surface area (Å²) >= 11 is -5.03. The average Bonchev–Trinajstić information content (AvgIpc) is 2.84. The summed E-state index contributed by atoms with van der Waals surface area (Å²) in [6.45, 7) is 14.9. The SMILES string of the molecule is CCC[CH2][Sn]([CH2]CCC)([CH2]CCC)/[C](=C/[Si](c1ccccc1)(c1ccccc1)C(C)(C)C)[Sn]([CH3])([CH3])[CH3]. The molecule has 0 spiro atoms. The van der Waals surface area contributed by atoms with Crippen LogP contribution in [-0.2, 0) is 0 Å². The Labute approximate surface area is 234 Å². The summed E-state index contributed by atoms with van der Waals surface area (Å²) in [5.41, 5.74) is 3.12. The van der Waals surface area contributed by atoms with E-state index in [0.29, 0.717) is 0 Å². The van der Waals surface area contributed by atoms with Crippen LogP contribution in [0.15, 0.2) is 68.0 Å². The Hall–Kier alpha value is -0.00571. The fourth-order valence-electron chi connectivity index (χ4n) is 6.52. The summed E-state index contributed by atoms with van der Waals surface area (Å²) in [5.74, 6) is 0. The van der Waals surface area contributed by atoms with Gasteiger partial charge < -0.3 is 0 Å². The van der Waals surface area contributed by atoms with E-state index in [9.17, 15) is 0 Å². The van der Waals surface area contributed by atoms with Crippen LogP contribution in [0.2, 0.25) is 33.2 Å². The Morgan fingerprint density at radius 2 is 1.03 bits per heavy atom. The predicted molar refractivity (Wildman–Crippen MR) is 174 cm³/mol. The van der Waals surface area contributed by atoms with Crippen molar-refractivity contribution in [2.75, 3.05) is 0 Å². The molecule has 0 aliphatic rings. The van der Waals surface area contributed by atoms with Crippen LogP contribution in [0, 0.1) is 0 Å². The first-order valence-corrected chi connectivity index (χ1v) is 34.4. The summed E-state index contributed by atoms with van der Waals surface area (Å²) in [6, 6.07) is 23.5. The molecular weight excluding hydrogens is 662 g/mol. The molecule has 0 nitrogen and oxygen atoms in total. The number of unbranched alkanes of at least 4 members (excludes halogenated alkanes) is 3. The number of hydrogen-bond acceptors (Lipinski definition) is 0. The van der Waals surface area contributed by atoms with Crippen molar-refractivity contribution in [1.29, 1.82) is 0 Å². The zero-order valence-electron chi connectivity index (χ0n) is 25.2. The van der Waals surface area contributed by atoms with Gasteiger partial charge in [-0.2, -0.15) is 0 Å². The van der Waals surface area contributed by atoms with Gasteiger partial charge in [-0.25, -0.2) is 0 Å². The zero-order valence-corrected chi connectivity index (χ0v) is 31.9. The van der Waals surface area contributed by atoms with Crippen LogP contribution in [0.25, 0.3) is 0 Å². The van der Waals surface area contributed by atoms with Crippen molar-refractivity contribution in [2.24, 2.45) is 0 Å². The van der Waals surface area contributed by atoms with Crippen LogP contribution >= 0.6 is 0 Å². The van der Waals surface area contributed by atoms with Gasteiger partial charge in [-0.05, 0) is 0 Å². The molecule has 0 aliphatic carbocycles. The molecule has 2 aromatic rings. The number of benzene rings is 2. The minimum atomic E-state index is -2.60. The second-order valence-corrected chi connectivity index (χ2v) is 49.3. The second-order valence-electron chi connectivity index (χ2n) is 13.2. The Morgan fingerprint density at radius 1 is 0.667 bits per heavy atom. The van der Waals surface area contributed by atoms with Crippen molar-refractivity contribution in [2.45, 2.75) is 113 Å². The van der Waals surface area contributed by atoms with E-state index in [2.05, 4.69) is 124 Å². The molecule has 0 aliphatic heterocycles. The molecule has 0 aromatic heterocycles. The van der Waals surface area contributed by atoms with Gasteiger partial charge >= 0.3 is 236 Å². The molecule has 0 fully saturated rings. The van der Waals surface area contributed by atoms with Gasteiger partial charge in [-0.1, -0.05) is 0 Å². The normalized spacial score (nSPS) is 13.8. The van der Waals surface area contributed by atoms with Gasteiger partial charge in [0.05, 0.1) is 0 Å². The van der Waals surface area contributed by atoms with Gasteiger partial charge in [0.15, 0.2) is 0 Å². The van der Waals surface area contributed by atoms with Crippen molar-refractivity contribution in [3.05, 3.63) is 68.0 Å². The first kappa shape index (κ1) is 32.2. The van der Waals surface area contributed by atoms with Crippen molar-refractivity contribution in [1.82, 2.24) is 0 Å². The summed E-state index contributed by atoms with van der Waals surface area (Å²) < 4.78 is 6.93. The summed E-state index contributed by atoms with van der Waals surface area (Å²) in [7, 11) is -2.21. The molecule has 0 unspecified atom stereocenters. The minimum absolute atomic E-state index is 0.204. The summed E-state index contributed by atoms with van der Waals surface area (Å²) in [5, 5.41) is 3.42. The maximum atomic E-state index is 3.12. The first-order valence-electron chi connectivity index (χ1n) is 14.8. The Bertz CT molecular complexity index is 858. The van der Waals surface area contributed by atoms with Gasteiger partial charge in [-0.3, -0.25) is 0 Å². The van der Waals surface area contributed by atoms with Crippen LogP contribution in [-0.4, -0.2) is 44.8 Å². The zero-order chi connectivity index (χ0) is 26.9. The summed E-state index contributed by atoms with van der Waals surface area (Å²) in [4.78, 5) is 8.27. The molecule has 0 heterocycles. The molecule has 2 rings (SSSR count). The molecule has 3 heteroatoms. The van der Waals surface area contributed by atoms with Gasteiger partial charge in [0.2, 0.25) is 0 Å². The fourth-order valence-corrected chi connectivity index (χ4v) is 77.5. The van der Waals surface area contributed by atoms with Gasteiger partial charge in [0.1, 0.15) is 0 Å². The van der Waals surface area contributed by atoms with Gasteiger partial charge in [0, 0.05) is 0 Å². The van der Waals surface area contributed by atoms with E-state index in [1.165, 1.54) is 38.5 Å². The third-order valence-corrected chi connectivity index (χ3v) is 60.1. The molecule has 0 radical (unpaired) electrons. The van der Waals surface area contributed by atoms with E-state index in [1.54, 1.807) is 23.7 Å². The predicted octanol–water partition coefficient (Wildman–Crippen LogP) is 9.78. The van der Waals surface area contributed by atoms with E-state index in [4.69, 9.17) is 0 Å². The number of rotatable bonds is 14. The molecule has 0 saturated carbocycles. The maximum absolute atomic E-state index is 3.12. The molecular formula is C33H56SiSn2. The van der Waals surface area contributed by atoms with E-state index >= 15 is 0 Å². The van der Waals surface area contributed by atoms with Crippen LogP contribution in [0.1, 0.15) is 80.1 Å². The summed E-state index contributed by atoms with van der Waals surface area (Å²) in [6.07, 6.45) is 8.39. The van der Waals surface area contributed by atoms with Gasteiger partial charge in [0.25, 0.3) is 0 Å². The standard InChI is InChI=1S/C18H20Si.3C4H9.3CH3.2Sn/c1-5-19(18(2,3)4,16-12-8-6-9-13-16)17-14-10-7-11-15-17;3*1-3-4-2;;;;;/h5-15H,2-4H3;3*1,3-4H2,2H3;3*1H3;;. The van der Waals surface area contributed by atoms with Crippen LogP contribution < -0.4 is 10.4 Å². The van der Waals surface area contributed by atoms with E-state index in [1.807, 2.05) is 0 Å². The van der Waals surface area contributed by atoms with E-state index in [-0.39, 0.29) is 5.04 Å². The monoisotopic (exact) mass is 720 g/mol. The molecule has 0 amide bonds. The fraction of sp³-hybridized carbons (Fsp3) is 0.576. The molecule has 0 N–H and O–H groups in total. The van der Waals surface area contributed by atoms with Crippen LogP contribution in [0.4, 0.5) is 0 Å². The van der Waals surface area contributed by atoms with E-state index in [0.717, 1.165) is 0 Å². The van der Waals surface area contributed by atoms with E-state index < -0.39 is 44.8 Å². The molecule has 0 saturated heterocycles. The molecule has 36 heavy (non-hydrogen) atoms. The van der Waals surface area contributed by atoms with Crippen molar-refractivity contribution in [3.8, 4) is 0 Å². The first-order chi connectivity index (χ1) is 17.0. The Kier molecular flexibility index (Phi) is 12.9. The van der Waals surface area contributed by atoms with Crippen molar-refractivity contribution < 1.29 is 0 Å². The number of hydrogen-bond donors (Lipinski definition) is 0. The molecule has 2 aromatic carbocycles. The van der Waals surface area contributed by atoms with Gasteiger partial charge in [-0.15, -0.1) is 0 Å². The molecule has 200 valence electrons. The quantitative estimate of drug-likeness (QED) is 0.171. The molecule has 0 atom stereocenters. The van der Waals surface area contributed by atoms with Crippen LogP contribution in [0.5, 0.6) is 0 Å². The molecule has 0 bridgehead atoms. The van der Waals surface area contributed by atoms with Crippen LogP contribution in [0.3, 0.4) is 0 Å². The third-order valence-electron chi connectivity index (χ3n) is 8.41. The third kappa shape index (κ3) is 7.77. The topological polar surface area (TPSA) is 0 Å². The second kappa shape index (κ2) is 14.4. The van der Waals surface area contributed by atoms with Crippen molar-refractivity contribution in [3.63, 3.8) is 0 Å². The Morgan fingerprint density at radius 3 is 1.31 bits per heavy atom. The average molecular weight is 718 g/mol. The van der Waals surface area contributed by atoms with Crippen molar-refractivity contribution >= 4 is 55.2 Å². The Balaban J connectivity index is 3.03.